The van der Waals surface area contributed by atoms with Crippen molar-refractivity contribution in [3.63, 3.8) is 0 Å². The van der Waals surface area contributed by atoms with E-state index < -0.39 is 5.97 Å². The second-order valence-electron chi connectivity index (χ2n) is 3.08. The van der Waals surface area contributed by atoms with Crippen LogP contribution in [-0.4, -0.2) is 29.9 Å². The normalized spacial score (nSPS) is 9.81. The molecule has 0 aliphatic heterocycles. The number of aliphatic carboxylic acids is 1. The molecule has 0 unspecified atom stereocenters. The molecule has 0 heterocycles. The van der Waals surface area contributed by atoms with Crippen LogP contribution in [0.15, 0.2) is 24.3 Å². The second kappa shape index (κ2) is 6.17. The molecule has 0 saturated carbocycles. The summed E-state index contributed by atoms with van der Waals surface area (Å²) in [6, 6.07) is 6.97. The van der Waals surface area contributed by atoms with Crippen LogP contribution >= 0.6 is 11.8 Å². The van der Waals surface area contributed by atoms with Gasteiger partial charge in [-0.1, -0.05) is 12.1 Å². The van der Waals surface area contributed by atoms with E-state index >= 15 is 0 Å². The number of rotatable bonds is 5. The van der Waals surface area contributed by atoms with Crippen molar-refractivity contribution >= 4 is 23.7 Å². The number of carboxylic acid groups (broad SMARTS) is 1. The summed E-state index contributed by atoms with van der Waals surface area (Å²) in [6.45, 7) is 0. The number of carboxylic acids is 1. The van der Waals surface area contributed by atoms with Crippen molar-refractivity contribution in [2.24, 2.45) is 0 Å². The molecule has 0 saturated heterocycles. The number of ether oxygens (including phenoxy) is 1. The van der Waals surface area contributed by atoms with Gasteiger partial charge >= 0.3 is 11.9 Å². The Hall–Kier alpha value is -1.49. The largest absolute Gasteiger partial charge is 0.481 e. The zero-order valence-electron chi connectivity index (χ0n) is 8.80. The minimum Gasteiger partial charge on any atom is -0.481 e. The van der Waals surface area contributed by atoms with Gasteiger partial charge in [0.25, 0.3) is 0 Å². The molecule has 1 aromatic rings. The van der Waals surface area contributed by atoms with E-state index in [4.69, 9.17) is 5.11 Å². The van der Waals surface area contributed by atoms with Gasteiger partial charge in [0.2, 0.25) is 0 Å². The maximum absolute atomic E-state index is 11.2. The van der Waals surface area contributed by atoms with Crippen molar-refractivity contribution in [3.8, 4) is 0 Å². The fraction of sp³-hybridized carbons (Fsp3) is 0.273. The maximum atomic E-state index is 11.2. The summed E-state index contributed by atoms with van der Waals surface area (Å²) in [6.07, 6.45) is 0. The fourth-order valence-electron chi connectivity index (χ4n) is 1.16. The van der Waals surface area contributed by atoms with Gasteiger partial charge in [-0.3, -0.25) is 4.79 Å². The Balaban J connectivity index is 2.60. The SMILES string of the molecule is COC(=O)c1cccc(CSCC(=O)O)c1. The molecule has 86 valence electrons. The average Bonchev–Trinajstić information content (AvgIpc) is 2.28. The Morgan fingerprint density at radius 3 is 2.81 bits per heavy atom. The highest BCUT2D eigenvalue weighted by Crippen LogP contribution is 2.14. The lowest BCUT2D eigenvalue weighted by atomic mass is 10.1. The van der Waals surface area contributed by atoms with Gasteiger partial charge in [0.1, 0.15) is 0 Å². The van der Waals surface area contributed by atoms with Crippen molar-refractivity contribution in [2.75, 3.05) is 12.9 Å². The van der Waals surface area contributed by atoms with Gasteiger partial charge in [0.05, 0.1) is 18.4 Å². The van der Waals surface area contributed by atoms with Crippen molar-refractivity contribution in [1.29, 1.82) is 0 Å². The first kappa shape index (κ1) is 12.6. The van der Waals surface area contributed by atoms with E-state index in [2.05, 4.69) is 4.74 Å². The van der Waals surface area contributed by atoms with Crippen LogP contribution in [0, 0.1) is 0 Å². The highest BCUT2D eigenvalue weighted by atomic mass is 32.2. The topological polar surface area (TPSA) is 63.6 Å². The first-order valence-electron chi connectivity index (χ1n) is 4.60. The second-order valence-corrected chi connectivity index (χ2v) is 4.06. The van der Waals surface area contributed by atoms with Crippen LogP contribution in [0.4, 0.5) is 0 Å². The third-order valence-corrected chi connectivity index (χ3v) is 2.83. The van der Waals surface area contributed by atoms with Crippen molar-refractivity contribution in [3.05, 3.63) is 35.4 Å². The molecule has 0 bridgehead atoms. The van der Waals surface area contributed by atoms with Gasteiger partial charge in [0.15, 0.2) is 0 Å². The van der Waals surface area contributed by atoms with E-state index in [1.165, 1.54) is 18.9 Å². The van der Waals surface area contributed by atoms with Gasteiger partial charge in [-0.2, -0.15) is 0 Å². The van der Waals surface area contributed by atoms with Gasteiger partial charge in [-0.05, 0) is 17.7 Å². The minimum atomic E-state index is -0.839. The Morgan fingerprint density at radius 1 is 1.44 bits per heavy atom. The molecule has 0 amide bonds. The third-order valence-electron chi connectivity index (χ3n) is 1.84. The van der Waals surface area contributed by atoms with E-state index in [0.29, 0.717) is 11.3 Å². The molecule has 0 aliphatic carbocycles. The highest BCUT2D eigenvalue weighted by Gasteiger charge is 2.05. The summed E-state index contributed by atoms with van der Waals surface area (Å²) in [5.74, 6) is -0.598. The van der Waals surface area contributed by atoms with Crippen LogP contribution in [0.3, 0.4) is 0 Å². The number of carbonyl (C=O) groups is 2. The molecule has 0 fully saturated rings. The Morgan fingerprint density at radius 2 is 2.19 bits per heavy atom. The Bertz CT molecular complexity index is 389. The van der Waals surface area contributed by atoms with Gasteiger partial charge in [-0.15, -0.1) is 11.8 Å². The van der Waals surface area contributed by atoms with Gasteiger partial charge in [0, 0.05) is 5.75 Å². The lowest BCUT2D eigenvalue weighted by Crippen LogP contribution is -2.02. The molecule has 16 heavy (non-hydrogen) atoms. The molecule has 0 spiro atoms. The molecule has 0 atom stereocenters. The minimum absolute atomic E-state index is 0.0580. The predicted octanol–water partition coefficient (Wildman–Crippen LogP) is 1.79. The smallest absolute Gasteiger partial charge is 0.337 e. The predicted molar refractivity (Wildman–Crippen MR) is 61.6 cm³/mol. The zero-order chi connectivity index (χ0) is 12.0. The standard InChI is InChI=1S/C11H12O4S/c1-15-11(14)9-4-2-3-8(5-9)6-16-7-10(12)13/h2-5H,6-7H2,1H3,(H,12,13). The Labute approximate surface area is 97.6 Å². The van der Waals surface area contributed by atoms with Crippen LogP contribution < -0.4 is 0 Å². The molecular weight excluding hydrogens is 228 g/mol. The number of methoxy groups -OCH3 is 1. The first-order chi connectivity index (χ1) is 7.63. The number of thioether (sulfide) groups is 1. The van der Waals surface area contributed by atoms with E-state index in [9.17, 15) is 9.59 Å². The zero-order valence-corrected chi connectivity index (χ0v) is 9.62. The third kappa shape index (κ3) is 3.94. The van der Waals surface area contributed by atoms with Crippen LogP contribution in [0.5, 0.6) is 0 Å². The summed E-state index contributed by atoms with van der Waals surface area (Å²) in [4.78, 5) is 21.5. The molecule has 0 aromatic heterocycles. The van der Waals surface area contributed by atoms with Crippen LogP contribution in [-0.2, 0) is 15.3 Å². The highest BCUT2D eigenvalue weighted by molar-refractivity contribution is 7.99. The summed E-state index contributed by atoms with van der Waals surface area (Å²) in [5, 5.41) is 8.48. The van der Waals surface area contributed by atoms with E-state index in [1.807, 2.05) is 6.07 Å². The quantitative estimate of drug-likeness (QED) is 0.795. The molecule has 0 radical (unpaired) electrons. The van der Waals surface area contributed by atoms with Crippen LogP contribution in [0.2, 0.25) is 0 Å². The summed E-state index contributed by atoms with van der Waals surface area (Å²) in [7, 11) is 1.33. The van der Waals surface area contributed by atoms with Gasteiger partial charge in [-0.25, -0.2) is 4.79 Å². The van der Waals surface area contributed by atoms with E-state index in [1.54, 1.807) is 18.2 Å². The molecular formula is C11H12O4S. The average molecular weight is 240 g/mol. The first-order valence-corrected chi connectivity index (χ1v) is 5.75. The summed E-state index contributed by atoms with van der Waals surface area (Å²) >= 11 is 1.29. The van der Waals surface area contributed by atoms with Gasteiger partial charge < -0.3 is 9.84 Å². The molecule has 1 N–H and O–H groups in total. The lowest BCUT2D eigenvalue weighted by molar-refractivity contribution is -0.133. The summed E-state index contributed by atoms with van der Waals surface area (Å²) in [5.41, 5.74) is 1.39. The molecule has 1 aromatic carbocycles. The maximum Gasteiger partial charge on any atom is 0.337 e. The van der Waals surface area contributed by atoms with Crippen LogP contribution in [0.1, 0.15) is 15.9 Å². The monoisotopic (exact) mass is 240 g/mol. The molecule has 1 rings (SSSR count). The number of hydrogen-bond donors (Lipinski definition) is 1. The fourth-order valence-corrected chi connectivity index (χ4v) is 1.85. The number of benzene rings is 1. The van der Waals surface area contributed by atoms with Crippen molar-refractivity contribution < 1.29 is 19.4 Å². The number of hydrogen-bond acceptors (Lipinski definition) is 4. The number of esters is 1. The van der Waals surface area contributed by atoms with E-state index in [0.717, 1.165) is 5.56 Å². The summed E-state index contributed by atoms with van der Waals surface area (Å²) < 4.78 is 4.59. The molecule has 0 aliphatic rings. The lowest BCUT2D eigenvalue weighted by Gasteiger charge is -2.03. The number of carbonyl (C=O) groups excluding carboxylic acids is 1. The van der Waals surface area contributed by atoms with Crippen LogP contribution in [0.25, 0.3) is 0 Å². The molecule has 5 heteroatoms. The van der Waals surface area contributed by atoms with Crippen molar-refractivity contribution in [2.45, 2.75) is 5.75 Å². The molecule has 4 nitrogen and oxygen atoms in total. The van der Waals surface area contributed by atoms with E-state index in [-0.39, 0.29) is 11.7 Å². The van der Waals surface area contributed by atoms with Crippen molar-refractivity contribution in [1.82, 2.24) is 0 Å². The Kier molecular flexibility index (Phi) is 4.85.